The number of carbonyl (C=O) groups excluding carboxylic acids is 1. The third-order valence-corrected chi connectivity index (χ3v) is 7.20. The van der Waals surface area contributed by atoms with Gasteiger partial charge in [0.05, 0.1) is 12.1 Å². The number of carbonyl (C=O) groups is 1. The molecular weight excluding hydrogens is 637 g/mol. The third kappa shape index (κ3) is 10.5. The molecule has 4 rings (SSSR count). The number of para-hydroxylation sites is 1. The van der Waals surface area contributed by atoms with Gasteiger partial charge in [-0.05, 0) is 107 Å². The van der Waals surface area contributed by atoms with Crippen LogP contribution in [-0.4, -0.2) is 29.7 Å². The van der Waals surface area contributed by atoms with Crippen molar-refractivity contribution in [3.05, 3.63) is 129 Å². The molecule has 0 spiro atoms. The summed E-state index contributed by atoms with van der Waals surface area (Å²) in [6, 6.07) is 27.8. The second-order valence-corrected chi connectivity index (χ2v) is 11.1. The maximum atomic E-state index is 13.8. The number of nitrogens with one attached hydrogen (secondary N) is 2. The lowest BCUT2D eigenvalue weighted by Crippen LogP contribution is -2.48. The molecule has 0 fully saturated rings. The number of hydrogen-bond acceptors (Lipinski definition) is 4. The van der Waals surface area contributed by atoms with Crippen molar-refractivity contribution in [3.8, 4) is 11.5 Å². The van der Waals surface area contributed by atoms with Crippen LogP contribution in [0, 0.1) is 15.2 Å². The maximum absolute atomic E-state index is 13.8. The van der Waals surface area contributed by atoms with Crippen LogP contribution in [0.1, 0.15) is 29.5 Å². The highest BCUT2D eigenvalue weighted by Crippen LogP contribution is 2.22. The Kier molecular flexibility index (Phi) is 11.7. The molecule has 2 atom stereocenters. The summed E-state index contributed by atoms with van der Waals surface area (Å²) in [5.41, 5.74) is 2.50. The van der Waals surface area contributed by atoms with E-state index in [1.54, 1.807) is 0 Å². The average Bonchev–Trinajstić information content (AvgIpc) is 2.94. The summed E-state index contributed by atoms with van der Waals surface area (Å²) in [6.07, 6.45) is 0.672. The summed E-state index contributed by atoms with van der Waals surface area (Å²) in [5, 5.41) is 17.0. The molecule has 8 heteroatoms. The van der Waals surface area contributed by atoms with E-state index >= 15 is 0 Å². The summed E-state index contributed by atoms with van der Waals surface area (Å²) in [4.78, 5) is 12.9. The Hall–Kier alpha value is -3.34. The van der Waals surface area contributed by atoms with E-state index in [0.29, 0.717) is 24.9 Å². The fourth-order valence-electron chi connectivity index (χ4n) is 4.50. The molecule has 0 saturated carbocycles. The van der Waals surface area contributed by atoms with Crippen molar-refractivity contribution < 1.29 is 23.4 Å². The van der Waals surface area contributed by atoms with Gasteiger partial charge in [-0.25, -0.2) is 8.78 Å². The molecule has 0 bridgehead atoms. The van der Waals surface area contributed by atoms with Crippen molar-refractivity contribution in [3.63, 3.8) is 0 Å². The first-order valence-electron chi connectivity index (χ1n) is 13.5. The fraction of sp³-hybridized carbons (Fsp3) is 0.242. The number of hydrogen-bond donors (Lipinski definition) is 3. The fourth-order valence-corrected chi connectivity index (χ4v) is 5.11. The van der Waals surface area contributed by atoms with E-state index in [1.165, 1.54) is 12.1 Å². The Morgan fingerprint density at radius 3 is 2.24 bits per heavy atom. The van der Waals surface area contributed by atoms with Gasteiger partial charge in [0, 0.05) is 29.1 Å². The van der Waals surface area contributed by atoms with Crippen LogP contribution in [0.2, 0.25) is 0 Å². The van der Waals surface area contributed by atoms with Gasteiger partial charge in [0.25, 0.3) is 0 Å². The second-order valence-electron chi connectivity index (χ2n) is 9.90. The summed E-state index contributed by atoms with van der Waals surface area (Å²) < 4.78 is 34.6. The molecule has 4 aromatic rings. The topological polar surface area (TPSA) is 70.6 Å². The predicted molar refractivity (Wildman–Crippen MR) is 165 cm³/mol. The van der Waals surface area contributed by atoms with Crippen LogP contribution >= 0.6 is 22.6 Å². The zero-order valence-electron chi connectivity index (χ0n) is 22.5. The Labute approximate surface area is 253 Å². The van der Waals surface area contributed by atoms with Gasteiger partial charge in [0.2, 0.25) is 5.91 Å². The van der Waals surface area contributed by atoms with E-state index in [0.717, 1.165) is 32.3 Å². The van der Waals surface area contributed by atoms with Gasteiger partial charge in [-0.3, -0.25) is 4.79 Å². The highest BCUT2D eigenvalue weighted by molar-refractivity contribution is 14.1. The van der Waals surface area contributed by atoms with Gasteiger partial charge in [0.15, 0.2) is 0 Å². The molecule has 0 saturated heterocycles. The number of halogens is 3. The standard InChI is InChI=1S/C33H33F2IN2O3/c34-26-16-25(17-27(35)20-26)19-31(32(39)22-37-21-24-7-4-8-28(36)18-24)38-33(40)11-5-6-23-12-14-30(15-13-23)41-29-9-2-1-3-10-29/h1-4,7-10,12-18,20,31-32,37,39H,5-6,11,19,21-22H2,(H,38,40)/t31-,32-/m0/s1. The van der Waals surface area contributed by atoms with Crippen LogP contribution < -0.4 is 15.4 Å². The predicted octanol–water partition coefficient (Wildman–Crippen LogP) is 6.56. The SMILES string of the molecule is O=C(CCCc1ccc(Oc2ccccc2)cc1)N[C@@H](Cc1cc(F)cc(F)c1)[C@@H](O)CNCc1cccc(I)c1. The van der Waals surface area contributed by atoms with Gasteiger partial charge in [-0.2, -0.15) is 0 Å². The van der Waals surface area contributed by atoms with E-state index in [-0.39, 0.29) is 25.3 Å². The molecular formula is C33H33F2IN2O3. The molecule has 3 N–H and O–H groups in total. The molecule has 0 heterocycles. The van der Waals surface area contributed by atoms with Gasteiger partial charge in [0.1, 0.15) is 23.1 Å². The summed E-state index contributed by atoms with van der Waals surface area (Å²) in [6.45, 7) is 0.740. The summed E-state index contributed by atoms with van der Waals surface area (Å²) in [7, 11) is 0. The number of amides is 1. The van der Waals surface area contributed by atoms with Crippen LogP contribution in [0.25, 0.3) is 0 Å². The lowest BCUT2D eigenvalue weighted by atomic mass is 10.00. The van der Waals surface area contributed by atoms with E-state index in [2.05, 4.69) is 33.2 Å². The van der Waals surface area contributed by atoms with Crippen LogP contribution in [0.3, 0.4) is 0 Å². The highest BCUT2D eigenvalue weighted by Gasteiger charge is 2.22. The number of benzene rings is 4. The summed E-state index contributed by atoms with van der Waals surface area (Å²) >= 11 is 2.24. The van der Waals surface area contributed by atoms with Crippen molar-refractivity contribution in [2.75, 3.05) is 6.54 Å². The highest BCUT2D eigenvalue weighted by atomic mass is 127. The molecule has 41 heavy (non-hydrogen) atoms. The quantitative estimate of drug-likeness (QED) is 0.133. The van der Waals surface area contributed by atoms with E-state index < -0.39 is 23.8 Å². The molecule has 5 nitrogen and oxygen atoms in total. The van der Waals surface area contributed by atoms with Crippen molar-refractivity contribution in [1.29, 1.82) is 0 Å². The maximum Gasteiger partial charge on any atom is 0.220 e. The summed E-state index contributed by atoms with van der Waals surface area (Å²) in [5.74, 6) is -0.126. The Morgan fingerprint density at radius 1 is 0.829 bits per heavy atom. The van der Waals surface area contributed by atoms with Crippen molar-refractivity contribution in [2.45, 2.75) is 44.4 Å². The number of aryl methyl sites for hydroxylation is 1. The molecule has 0 radical (unpaired) electrons. The van der Waals surface area contributed by atoms with E-state index in [9.17, 15) is 18.7 Å². The molecule has 0 unspecified atom stereocenters. The van der Waals surface area contributed by atoms with Gasteiger partial charge < -0.3 is 20.5 Å². The first kappa shape index (κ1) is 30.6. The monoisotopic (exact) mass is 670 g/mol. The lowest BCUT2D eigenvalue weighted by Gasteiger charge is -2.25. The molecule has 4 aromatic carbocycles. The largest absolute Gasteiger partial charge is 0.457 e. The first-order valence-corrected chi connectivity index (χ1v) is 14.6. The average molecular weight is 671 g/mol. The first-order chi connectivity index (χ1) is 19.8. The molecule has 0 aliphatic heterocycles. The van der Waals surface area contributed by atoms with Crippen LogP contribution in [-0.2, 0) is 24.2 Å². The molecule has 214 valence electrons. The van der Waals surface area contributed by atoms with Crippen LogP contribution in [0.15, 0.2) is 97.1 Å². The zero-order valence-corrected chi connectivity index (χ0v) is 24.7. The van der Waals surface area contributed by atoms with Crippen LogP contribution in [0.4, 0.5) is 8.78 Å². The van der Waals surface area contributed by atoms with Gasteiger partial charge in [-0.1, -0.05) is 42.5 Å². The smallest absolute Gasteiger partial charge is 0.220 e. The van der Waals surface area contributed by atoms with E-state index in [4.69, 9.17) is 4.74 Å². The minimum absolute atomic E-state index is 0.0926. The molecule has 0 aromatic heterocycles. The minimum atomic E-state index is -0.967. The molecule has 1 amide bonds. The number of aliphatic hydroxyl groups is 1. The number of aliphatic hydroxyl groups excluding tert-OH is 1. The Bertz CT molecular complexity index is 1380. The van der Waals surface area contributed by atoms with Crippen molar-refractivity contribution >= 4 is 28.5 Å². The normalized spacial score (nSPS) is 12.5. The van der Waals surface area contributed by atoms with E-state index in [1.807, 2.05) is 78.9 Å². The van der Waals surface area contributed by atoms with Gasteiger partial charge >= 0.3 is 0 Å². The Balaban J connectivity index is 1.29. The van der Waals surface area contributed by atoms with Crippen molar-refractivity contribution in [1.82, 2.24) is 10.6 Å². The van der Waals surface area contributed by atoms with Crippen molar-refractivity contribution in [2.24, 2.45) is 0 Å². The zero-order chi connectivity index (χ0) is 29.0. The van der Waals surface area contributed by atoms with Crippen LogP contribution in [0.5, 0.6) is 11.5 Å². The number of ether oxygens (including phenoxy) is 1. The Morgan fingerprint density at radius 2 is 1.54 bits per heavy atom. The number of rotatable bonds is 14. The second kappa shape index (κ2) is 15.6. The lowest BCUT2D eigenvalue weighted by molar-refractivity contribution is -0.122. The van der Waals surface area contributed by atoms with Gasteiger partial charge in [-0.15, -0.1) is 0 Å². The molecule has 0 aliphatic rings. The molecule has 0 aliphatic carbocycles. The third-order valence-electron chi connectivity index (χ3n) is 6.53. The minimum Gasteiger partial charge on any atom is -0.457 e.